The van der Waals surface area contributed by atoms with Crippen LogP contribution in [0.25, 0.3) is 22.0 Å². The SMILES string of the molecule is CC(=O)N1CCN(c2ncnc3cc(-c4ccccc4CC#N)c(Cl)cc23)CC1. The Labute approximate surface area is 174 Å². The Morgan fingerprint density at radius 3 is 2.62 bits per heavy atom. The zero-order valence-corrected chi connectivity index (χ0v) is 16.9. The number of nitriles is 1. The van der Waals surface area contributed by atoms with Crippen molar-refractivity contribution in [2.24, 2.45) is 0 Å². The largest absolute Gasteiger partial charge is 0.352 e. The first-order chi connectivity index (χ1) is 14.1. The van der Waals surface area contributed by atoms with Gasteiger partial charge in [-0.1, -0.05) is 35.9 Å². The van der Waals surface area contributed by atoms with Crippen molar-refractivity contribution in [3.05, 3.63) is 53.3 Å². The van der Waals surface area contributed by atoms with Gasteiger partial charge in [-0.3, -0.25) is 4.79 Å². The molecule has 6 nitrogen and oxygen atoms in total. The second kappa shape index (κ2) is 8.06. The molecular formula is C22H20ClN5O. The van der Waals surface area contributed by atoms with Crippen LogP contribution in [0.5, 0.6) is 0 Å². The quantitative estimate of drug-likeness (QED) is 0.664. The molecule has 1 aliphatic heterocycles. The second-order valence-electron chi connectivity index (χ2n) is 7.03. The average molecular weight is 406 g/mol. The van der Waals surface area contributed by atoms with Crippen LogP contribution in [0.1, 0.15) is 12.5 Å². The van der Waals surface area contributed by atoms with E-state index in [0.717, 1.165) is 46.5 Å². The van der Waals surface area contributed by atoms with Gasteiger partial charge in [0.2, 0.25) is 5.91 Å². The number of benzene rings is 2. The Morgan fingerprint density at radius 1 is 1.14 bits per heavy atom. The maximum Gasteiger partial charge on any atom is 0.219 e. The summed E-state index contributed by atoms with van der Waals surface area (Å²) in [5.74, 6) is 0.929. The van der Waals surface area contributed by atoms with E-state index in [0.29, 0.717) is 24.5 Å². The molecule has 0 bridgehead atoms. The van der Waals surface area contributed by atoms with Gasteiger partial charge in [0.15, 0.2) is 0 Å². The predicted molar refractivity (Wildman–Crippen MR) is 114 cm³/mol. The Kier molecular flexibility index (Phi) is 5.32. The Balaban J connectivity index is 1.74. The second-order valence-corrected chi connectivity index (χ2v) is 7.44. The lowest BCUT2D eigenvalue weighted by atomic mass is 9.97. The van der Waals surface area contributed by atoms with Crippen molar-refractivity contribution in [3.8, 4) is 17.2 Å². The van der Waals surface area contributed by atoms with Crippen LogP contribution < -0.4 is 4.90 Å². The maximum absolute atomic E-state index is 11.6. The molecule has 146 valence electrons. The summed E-state index contributed by atoms with van der Waals surface area (Å²) in [5, 5.41) is 10.6. The van der Waals surface area contributed by atoms with Crippen LogP contribution in [0.4, 0.5) is 5.82 Å². The number of amides is 1. The third-order valence-electron chi connectivity index (χ3n) is 5.30. The summed E-state index contributed by atoms with van der Waals surface area (Å²) < 4.78 is 0. The number of hydrogen-bond donors (Lipinski definition) is 0. The molecular weight excluding hydrogens is 386 g/mol. The average Bonchev–Trinajstić information content (AvgIpc) is 2.74. The first kappa shape index (κ1) is 19.2. The Morgan fingerprint density at radius 2 is 1.90 bits per heavy atom. The minimum absolute atomic E-state index is 0.0981. The third-order valence-corrected chi connectivity index (χ3v) is 5.62. The van der Waals surface area contributed by atoms with Gasteiger partial charge >= 0.3 is 0 Å². The highest BCUT2D eigenvalue weighted by molar-refractivity contribution is 6.34. The lowest BCUT2D eigenvalue weighted by Crippen LogP contribution is -2.48. The first-order valence-corrected chi connectivity index (χ1v) is 9.86. The molecule has 0 atom stereocenters. The van der Waals surface area contributed by atoms with Crippen molar-refractivity contribution in [2.45, 2.75) is 13.3 Å². The first-order valence-electron chi connectivity index (χ1n) is 9.48. The number of carbonyl (C=O) groups is 1. The lowest BCUT2D eigenvalue weighted by molar-refractivity contribution is -0.129. The molecule has 0 radical (unpaired) electrons. The Hall–Kier alpha value is -3.17. The highest BCUT2D eigenvalue weighted by atomic mass is 35.5. The number of anilines is 1. The highest BCUT2D eigenvalue weighted by Gasteiger charge is 2.22. The summed E-state index contributed by atoms with van der Waals surface area (Å²) in [4.78, 5) is 24.6. The van der Waals surface area contributed by atoms with Gasteiger partial charge in [-0.15, -0.1) is 0 Å². The zero-order chi connectivity index (χ0) is 20.4. The number of piperazine rings is 1. The molecule has 1 amide bonds. The minimum atomic E-state index is 0.0981. The molecule has 1 aliphatic rings. The maximum atomic E-state index is 11.6. The molecule has 1 saturated heterocycles. The van der Waals surface area contributed by atoms with Crippen LogP contribution in [-0.4, -0.2) is 47.0 Å². The fourth-order valence-corrected chi connectivity index (χ4v) is 4.04. The molecule has 1 fully saturated rings. The van der Waals surface area contributed by atoms with Crippen molar-refractivity contribution in [2.75, 3.05) is 31.1 Å². The molecule has 0 aliphatic carbocycles. The number of fused-ring (bicyclic) bond motifs is 1. The van der Waals surface area contributed by atoms with E-state index in [1.54, 1.807) is 13.3 Å². The van der Waals surface area contributed by atoms with E-state index in [1.807, 2.05) is 41.3 Å². The lowest BCUT2D eigenvalue weighted by Gasteiger charge is -2.35. The van der Waals surface area contributed by atoms with Gasteiger partial charge in [-0.2, -0.15) is 5.26 Å². The van der Waals surface area contributed by atoms with Crippen molar-refractivity contribution >= 4 is 34.2 Å². The van der Waals surface area contributed by atoms with Crippen molar-refractivity contribution < 1.29 is 4.79 Å². The van der Waals surface area contributed by atoms with Crippen molar-refractivity contribution in [3.63, 3.8) is 0 Å². The number of carbonyl (C=O) groups excluding carboxylic acids is 1. The molecule has 29 heavy (non-hydrogen) atoms. The monoisotopic (exact) mass is 405 g/mol. The van der Waals surface area contributed by atoms with Crippen LogP contribution >= 0.6 is 11.6 Å². The minimum Gasteiger partial charge on any atom is -0.352 e. The number of aromatic nitrogens is 2. The number of hydrogen-bond acceptors (Lipinski definition) is 5. The third kappa shape index (κ3) is 3.74. The normalized spacial score (nSPS) is 14.1. The fraction of sp³-hybridized carbons (Fsp3) is 0.273. The summed E-state index contributed by atoms with van der Waals surface area (Å²) in [5.41, 5.74) is 3.54. The summed E-state index contributed by atoms with van der Waals surface area (Å²) in [6.07, 6.45) is 1.88. The summed E-state index contributed by atoms with van der Waals surface area (Å²) in [7, 11) is 0. The molecule has 0 unspecified atom stereocenters. The fourth-order valence-electron chi connectivity index (χ4n) is 3.78. The molecule has 2 aromatic carbocycles. The van der Waals surface area contributed by atoms with Gasteiger partial charge in [0.25, 0.3) is 0 Å². The standard InChI is InChI=1S/C22H20ClN5O/c1-15(29)27-8-10-28(11-9-27)22-19-12-20(23)18(13-21(19)25-14-26-22)17-5-3-2-4-16(17)6-7-24/h2-5,12-14H,6,8-11H2,1H3. The van der Waals surface area contributed by atoms with Crippen LogP contribution in [0.3, 0.4) is 0 Å². The van der Waals surface area contributed by atoms with Gasteiger partial charge in [0.05, 0.1) is 18.0 Å². The summed E-state index contributed by atoms with van der Waals surface area (Å²) in [6.45, 7) is 4.38. The predicted octanol–water partition coefficient (Wildman–Crippen LogP) is 3.68. The molecule has 3 aromatic rings. The van der Waals surface area contributed by atoms with Crippen LogP contribution in [0, 0.1) is 11.3 Å². The zero-order valence-electron chi connectivity index (χ0n) is 16.1. The molecule has 2 heterocycles. The van der Waals surface area contributed by atoms with Crippen molar-refractivity contribution in [1.29, 1.82) is 5.26 Å². The van der Waals surface area contributed by atoms with E-state index in [-0.39, 0.29) is 5.91 Å². The summed E-state index contributed by atoms with van der Waals surface area (Å²) >= 11 is 6.68. The van der Waals surface area contributed by atoms with Crippen LogP contribution in [-0.2, 0) is 11.2 Å². The smallest absolute Gasteiger partial charge is 0.219 e. The van der Waals surface area contributed by atoms with E-state index in [1.165, 1.54) is 0 Å². The van der Waals surface area contributed by atoms with Gasteiger partial charge in [0.1, 0.15) is 12.1 Å². The summed E-state index contributed by atoms with van der Waals surface area (Å²) in [6, 6.07) is 13.9. The molecule has 7 heteroatoms. The molecule has 0 saturated carbocycles. The molecule has 1 aromatic heterocycles. The van der Waals surface area contributed by atoms with Gasteiger partial charge in [0, 0.05) is 49.1 Å². The van der Waals surface area contributed by atoms with Crippen LogP contribution in [0.15, 0.2) is 42.7 Å². The van der Waals surface area contributed by atoms with E-state index in [2.05, 4.69) is 20.9 Å². The van der Waals surface area contributed by atoms with E-state index < -0.39 is 0 Å². The topological polar surface area (TPSA) is 73.1 Å². The van der Waals surface area contributed by atoms with E-state index >= 15 is 0 Å². The van der Waals surface area contributed by atoms with Gasteiger partial charge in [-0.25, -0.2) is 9.97 Å². The number of nitrogens with zero attached hydrogens (tertiary/aromatic N) is 5. The van der Waals surface area contributed by atoms with E-state index in [4.69, 9.17) is 16.9 Å². The van der Waals surface area contributed by atoms with Gasteiger partial charge < -0.3 is 9.80 Å². The molecule has 4 rings (SSSR count). The van der Waals surface area contributed by atoms with Crippen LogP contribution in [0.2, 0.25) is 5.02 Å². The van der Waals surface area contributed by atoms with Gasteiger partial charge in [-0.05, 0) is 23.3 Å². The number of halogens is 1. The van der Waals surface area contributed by atoms with E-state index in [9.17, 15) is 4.79 Å². The van der Waals surface area contributed by atoms with Crippen molar-refractivity contribution in [1.82, 2.24) is 14.9 Å². The molecule has 0 spiro atoms. The molecule has 0 N–H and O–H groups in total. The number of rotatable bonds is 3. The Bertz CT molecular complexity index is 1120. The highest BCUT2D eigenvalue weighted by Crippen LogP contribution is 2.36.